The molecule has 0 heterocycles. The fourth-order valence-electron chi connectivity index (χ4n) is 1.66. The van der Waals surface area contributed by atoms with Crippen LogP contribution in [0.25, 0.3) is 0 Å². The van der Waals surface area contributed by atoms with Crippen LogP contribution in [0.3, 0.4) is 0 Å². The van der Waals surface area contributed by atoms with Gasteiger partial charge in [0, 0.05) is 29.0 Å². The number of hydrogen-bond donors (Lipinski definition) is 0. The van der Waals surface area contributed by atoms with Crippen molar-refractivity contribution in [2.75, 3.05) is 13.6 Å². The van der Waals surface area contributed by atoms with E-state index in [-0.39, 0.29) is 5.78 Å². The highest BCUT2D eigenvalue weighted by atomic mass is 79.9. The standard InChI is InChI=1S/C14H19BrClNO/c1-4-10(2)17(3)8-7-14(18)12-6-5-11(15)9-13(12)16/h5-6,9-10H,4,7-8H2,1-3H3. The van der Waals surface area contributed by atoms with Gasteiger partial charge in [0.15, 0.2) is 5.78 Å². The first-order chi connectivity index (χ1) is 8.45. The van der Waals surface area contributed by atoms with Gasteiger partial charge in [-0.15, -0.1) is 0 Å². The van der Waals surface area contributed by atoms with Gasteiger partial charge in [0.2, 0.25) is 0 Å². The van der Waals surface area contributed by atoms with Crippen LogP contribution in [0, 0.1) is 0 Å². The van der Waals surface area contributed by atoms with E-state index < -0.39 is 0 Å². The van der Waals surface area contributed by atoms with Gasteiger partial charge in [0.25, 0.3) is 0 Å². The Bertz CT molecular complexity index is 422. The second-order valence-electron chi connectivity index (χ2n) is 4.54. The molecule has 100 valence electrons. The van der Waals surface area contributed by atoms with E-state index in [1.807, 2.05) is 13.1 Å². The van der Waals surface area contributed by atoms with Gasteiger partial charge in [-0.1, -0.05) is 34.5 Å². The molecule has 4 heteroatoms. The highest BCUT2D eigenvalue weighted by Gasteiger charge is 2.13. The van der Waals surface area contributed by atoms with E-state index in [0.29, 0.717) is 23.0 Å². The number of nitrogens with zero attached hydrogens (tertiary/aromatic N) is 1. The zero-order valence-corrected chi connectivity index (χ0v) is 13.4. The number of benzene rings is 1. The van der Waals surface area contributed by atoms with E-state index >= 15 is 0 Å². The third kappa shape index (κ3) is 4.38. The van der Waals surface area contributed by atoms with Gasteiger partial charge in [-0.3, -0.25) is 4.79 Å². The second-order valence-corrected chi connectivity index (χ2v) is 5.86. The van der Waals surface area contributed by atoms with Crippen molar-refractivity contribution < 1.29 is 4.79 Å². The largest absolute Gasteiger partial charge is 0.303 e. The molecule has 0 bridgehead atoms. The molecule has 1 unspecified atom stereocenters. The highest BCUT2D eigenvalue weighted by molar-refractivity contribution is 9.10. The minimum atomic E-state index is 0.0997. The Kier molecular flexibility index (Phi) is 6.33. The Morgan fingerprint density at radius 1 is 1.50 bits per heavy atom. The molecule has 0 N–H and O–H groups in total. The summed E-state index contributed by atoms with van der Waals surface area (Å²) in [6.07, 6.45) is 1.59. The molecule has 0 aliphatic carbocycles. The van der Waals surface area contributed by atoms with E-state index in [4.69, 9.17) is 11.6 Å². The normalized spacial score (nSPS) is 12.8. The van der Waals surface area contributed by atoms with Crippen LogP contribution in [0.5, 0.6) is 0 Å². The first kappa shape index (κ1) is 15.7. The summed E-state index contributed by atoms with van der Waals surface area (Å²) >= 11 is 9.40. The Morgan fingerprint density at radius 3 is 2.72 bits per heavy atom. The van der Waals surface area contributed by atoms with Gasteiger partial charge in [-0.2, -0.15) is 0 Å². The Morgan fingerprint density at radius 2 is 2.17 bits per heavy atom. The predicted molar refractivity (Wildman–Crippen MR) is 80.5 cm³/mol. The van der Waals surface area contributed by atoms with Crippen molar-refractivity contribution in [2.24, 2.45) is 0 Å². The molecule has 0 aliphatic rings. The fraction of sp³-hybridized carbons (Fsp3) is 0.500. The third-order valence-corrected chi connectivity index (χ3v) is 4.07. The molecule has 2 nitrogen and oxygen atoms in total. The van der Waals surface area contributed by atoms with Crippen molar-refractivity contribution in [3.8, 4) is 0 Å². The van der Waals surface area contributed by atoms with Crippen LogP contribution in [-0.2, 0) is 0 Å². The molecule has 0 saturated heterocycles. The summed E-state index contributed by atoms with van der Waals surface area (Å²) in [5.41, 5.74) is 0.609. The van der Waals surface area contributed by atoms with Crippen LogP contribution in [0.4, 0.5) is 0 Å². The number of carbonyl (C=O) groups is 1. The van der Waals surface area contributed by atoms with Crippen LogP contribution in [0.1, 0.15) is 37.0 Å². The number of rotatable bonds is 6. The Labute approximate surface area is 122 Å². The SMILES string of the molecule is CCC(C)N(C)CCC(=O)c1ccc(Br)cc1Cl. The zero-order valence-electron chi connectivity index (χ0n) is 11.0. The lowest BCUT2D eigenvalue weighted by atomic mass is 10.1. The highest BCUT2D eigenvalue weighted by Crippen LogP contribution is 2.22. The number of Topliss-reactive ketones (excluding diaryl/α,β-unsaturated/α-hetero) is 1. The fourth-order valence-corrected chi connectivity index (χ4v) is 2.44. The second kappa shape index (κ2) is 7.27. The lowest BCUT2D eigenvalue weighted by Crippen LogP contribution is -2.30. The summed E-state index contributed by atoms with van der Waals surface area (Å²) in [4.78, 5) is 14.3. The summed E-state index contributed by atoms with van der Waals surface area (Å²) in [5.74, 6) is 0.0997. The molecular weight excluding hydrogens is 314 g/mol. The summed E-state index contributed by atoms with van der Waals surface area (Å²) in [7, 11) is 2.05. The average Bonchev–Trinajstić information content (AvgIpc) is 2.34. The summed E-state index contributed by atoms with van der Waals surface area (Å²) in [5, 5.41) is 0.514. The lowest BCUT2D eigenvalue weighted by Gasteiger charge is -2.22. The van der Waals surface area contributed by atoms with Crippen molar-refractivity contribution in [3.05, 3.63) is 33.3 Å². The first-order valence-corrected chi connectivity index (χ1v) is 7.31. The molecule has 0 aromatic heterocycles. The zero-order chi connectivity index (χ0) is 13.7. The number of halogens is 2. The van der Waals surface area contributed by atoms with Gasteiger partial charge in [0.1, 0.15) is 0 Å². The van der Waals surface area contributed by atoms with Crippen molar-refractivity contribution in [2.45, 2.75) is 32.7 Å². The maximum Gasteiger partial charge on any atom is 0.165 e. The molecule has 1 atom stereocenters. The van der Waals surface area contributed by atoms with Gasteiger partial charge in [-0.25, -0.2) is 0 Å². The lowest BCUT2D eigenvalue weighted by molar-refractivity contribution is 0.0962. The molecule has 0 radical (unpaired) electrons. The van der Waals surface area contributed by atoms with E-state index in [9.17, 15) is 4.79 Å². The van der Waals surface area contributed by atoms with Crippen LogP contribution >= 0.6 is 27.5 Å². The topological polar surface area (TPSA) is 20.3 Å². The van der Waals surface area contributed by atoms with E-state index in [1.165, 1.54) is 0 Å². The van der Waals surface area contributed by atoms with Gasteiger partial charge in [-0.05, 0) is 38.6 Å². The summed E-state index contributed by atoms with van der Waals surface area (Å²) < 4.78 is 0.890. The molecule has 0 aliphatic heterocycles. The van der Waals surface area contributed by atoms with Gasteiger partial charge < -0.3 is 4.90 Å². The molecular formula is C14H19BrClNO. The third-order valence-electron chi connectivity index (χ3n) is 3.27. The molecule has 0 spiro atoms. The smallest absolute Gasteiger partial charge is 0.165 e. The van der Waals surface area contributed by atoms with Crippen molar-refractivity contribution in [3.63, 3.8) is 0 Å². The number of hydrogen-bond acceptors (Lipinski definition) is 2. The quantitative estimate of drug-likeness (QED) is 0.719. The van der Waals surface area contributed by atoms with Crippen LogP contribution in [0.15, 0.2) is 22.7 Å². The summed E-state index contributed by atoms with van der Waals surface area (Å²) in [6.45, 7) is 5.08. The predicted octanol–water partition coefficient (Wildman–Crippen LogP) is 4.41. The monoisotopic (exact) mass is 331 g/mol. The molecule has 18 heavy (non-hydrogen) atoms. The minimum Gasteiger partial charge on any atom is -0.303 e. The maximum atomic E-state index is 12.1. The van der Waals surface area contributed by atoms with Crippen LogP contribution < -0.4 is 0 Å². The van der Waals surface area contributed by atoms with E-state index in [1.54, 1.807) is 12.1 Å². The number of carbonyl (C=O) groups excluding carboxylic acids is 1. The van der Waals surface area contributed by atoms with E-state index in [0.717, 1.165) is 17.4 Å². The molecule has 0 fully saturated rings. The molecule has 0 saturated carbocycles. The van der Waals surface area contributed by atoms with Crippen molar-refractivity contribution in [1.82, 2.24) is 4.90 Å². The van der Waals surface area contributed by atoms with Crippen LogP contribution in [-0.4, -0.2) is 30.3 Å². The molecule has 1 aromatic rings. The maximum absolute atomic E-state index is 12.1. The Balaban J connectivity index is 2.60. The van der Waals surface area contributed by atoms with Crippen molar-refractivity contribution >= 4 is 33.3 Å². The minimum absolute atomic E-state index is 0.0997. The Hall–Kier alpha value is -0.380. The summed E-state index contributed by atoms with van der Waals surface area (Å²) in [6, 6.07) is 5.88. The molecule has 1 aromatic carbocycles. The van der Waals surface area contributed by atoms with Gasteiger partial charge in [0.05, 0.1) is 5.02 Å². The van der Waals surface area contributed by atoms with Crippen LogP contribution in [0.2, 0.25) is 5.02 Å². The number of ketones is 1. The molecule has 1 rings (SSSR count). The average molecular weight is 333 g/mol. The first-order valence-electron chi connectivity index (χ1n) is 6.14. The van der Waals surface area contributed by atoms with E-state index in [2.05, 4.69) is 34.7 Å². The van der Waals surface area contributed by atoms with Crippen molar-refractivity contribution in [1.29, 1.82) is 0 Å². The van der Waals surface area contributed by atoms with Gasteiger partial charge >= 0.3 is 0 Å². The molecule has 0 amide bonds.